The molecule has 0 spiro atoms. The van der Waals surface area contributed by atoms with Gasteiger partial charge in [0.15, 0.2) is 17.5 Å². The van der Waals surface area contributed by atoms with Gasteiger partial charge in [-0.1, -0.05) is 107 Å². The number of aromatic nitrogens is 3. The number of hydrogen-bond donors (Lipinski definition) is 0. The molecule has 0 N–H and O–H groups in total. The molecule has 4 aromatic rings. The summed E-state index contributed by atoms with van der Waals surface area (Å²) in [6, 6.07) is 20.9. The molecule has 0 unspecified atom stereocenters. The van der Waals surface area contributed by atoms with Crippen molar-refractivity contribution in [2.24, 2.45) is 0 Å². The highest BCUT2D eigenvalue weighted by Crippen LogP contribution is 2.42. The summed E-state index contributed by atoms with van der Waals surface area (Å²) in [7, 11) is 0. The first-order valence-corrected chi connectivity index (χ1v) is 9.76. The highest BCUT2D eigenvalue weighted by Gasteiger charge is 2.19. The zero-order valence-electron chi connectivity index (χ0n) is 14.2. The first kappa shape index (κ1) is 19.2. The van der Waals surface area contributed by atoms with Crippen molar-refractivity contribution in [1.82, 2.24) is 15.0 Å². The van der Waals surface area contributed by atoms with Crippen molar-refractivity contribution in [2.45, 2.75) is 0 Å². The lowest BCUT2D eigenvalue weighted by atomic mass is 10.1. The van der Waals surface area contributed by atoms with Gasteiger partial charge >= 0.3 is 0 Å². The Labute approximate surface area is 181 Å². The molecule has 0 saturated heterocycles. The van der Waals surface area contributed by atoms with Crippen LogP contribution in [0.3, 0.4) is 0 Å². The van der Waals surface area contributed by atoms with Crippen LogP contribution in [0.1, 0.15) is 0 Å². The van der Waals surface area contributed by atoms with E-state index in [1.165, 1.54) is 0 Å². The first-order chi connectivity index (χ1) is 13.5. The maximum Gasteiger partial charge on any atom is 0.165 e. The molecular weight excluding hydrogens is 436 g/mol. The van der Waals surface area contributed by atoms with Crippen LogP contribution in [0, 0.1) is 0 Å². The molecule has 0 aliphatic rings. The highest BCUT2D eigenvalue weighted by atomic mass is 35.5. The smallest absolute Gasteiger partial charge is 0.165 e. The van der Waals surface area contributed by atoms with Crippen molar-refractivity contribution in [1.29, 1.82) is 0 Å². The molecule has 1 aromatic heterocycles. The fourth-order valence-corrected chi connectivity index (χ4v) is 3.55. The SMILES string of the molecule is Clc1cc(-c2nc(-c3ccccc3)nc(-c3ccccc3)n2)c(Cl)c(Cl)c1Cl. The predicted octanol–water partition coefficient (Wildman–Crippen LogP) is 7.49. The molecule has 0 radical (unpaired) electrons. The minimum Gasteiger partial charge on any atom is -0.208 e. The average molecular weight is 447 g/mol. The van der Waals surface area contributed by atoms with Gasteiger partial charge in [-0.3, -0.25) is 0 Å². The normalized spacial score (nSPS) is 10.9. The molecule has 3 nitrogen and oxygen atoms in total. The van der Waals surface area contributed by atoms with Gasteiger partial charge in [0.05, 0.1) is 20.1 Å². The van der Waals surface area contributed by atoms with Crippen LogP contribution in [0.2, 0.25) is 20.1 Å². The molecule has 0 aliphatic heterocycles. The van der Waals surface area contributed by atoms with Crippen molar-refractivity contribution in [3.8, 4) is 34.2 Å². The second kappa shape index (κ2) is 8.06. The number of hydrogen-bond acceptors (Lipinski definition) is 3. The van der Waals surface area contributed by atoms with E-state index in [4.69, 9.17) is 46.4 Å². The van der Waals surface area contributed by atoms with Crippen LogP contribution in [-0.2, 0) is 0 Å². The molecule has 1 heterocycles. The molecule has 0 aliphatic carbocycles. The molecule has 4 rings (SSSR count). The molecule has 0 saturated carbocycles. The van der Waals surface area contributed by atoms with Crippen LogP contribution in [0.15, 0.2) is 66.7 Å². The van der Waals surface area contributed by atoms with Gasteiger partial charge in [0.25, 0.3) is 0 Å². The third kappa shape index (κ3) is 3.71. The third-order valence-electron chi connectivity index (χ3n) is 4.04. The molecule has 3 aromatic carbocycles. The molecule has 138 valence electrons. The lowest BCUT2D eigenvalue weighted by Crippen LogP contribution is -2.00. The van der Waals surface area contributed by atoms with E-state index < -0.39 is 0 Å². The summed E-state index contributed by atoms with van der Waals surface area (Å²) in [4.78, 5) is 13.8. The monoisotopic (exact) mass is 445 g/mol. The summed E-state index contributed by atoms with van der Waals surface area (Å²) in [6.07, 6.45) is 0. The van der Waals surface area contributed by atoms with E-state index in [0.29, 0.717) is 23.0 Å². The highest BCUT2D eigenvalue weighted by molar-refractivity contribution is 6.52. The van der Waals surface area contributed by atoms with Gasteiger partial charge in [-0.25, -0.2) is 15.0 Å². The first-order valence-electron chi connectivity index (χ1n) is 8.25. The lowest BCUT2D eigenvalue weighted by Gasteiger charge is -2.11. The summed E-state index contributed by atoms with van der Waals surface area (Å²) >= 11 is 25.0. The Morgan fingerprint density at radius 2 is 0.964 bits per heavy atom. The van der Waals surface area contributed by atoms with Gasteiger partial charge in [0.1, 0.15) is 0 Å². The zero-order valence-corrected chi connectivity index (χ0v) is 17.2. The van der Waals surface area contributed by atoms with Gasteiger partial charge in [-0.15, -0.1) is 0 Å². The Bertz CT molecular complexity index is 1090. The molecule has 28 heavy (non-hydrogen) atoms. The van der Waals surface area contributed by atoms with Gasteiger partial charge in [-0.2, -0.15) is 0 Å². The molecule has 0 atom stereocenters. The fourth-order valence-electron chi connectivity index (χ4n) is 2.66. The molecule has 7 heteroatoms. The van der Waals surface area contributed by atoms with E-state index in [9.17, 15) is 0 Å². The predicted molar refractivity (Wildman–Crippen MR) is 116 cm³/mol. The van der Waals surface area contributed by atoms with Crippen molar-refractivity contribution >= 4 is 46.4 Å². The average Bonchev–Trinajstić information content (AvgIpc) is 2.75. The van der Waals surface area contributed by atoms with Crippen LogP contribution >= 0.6 is 46.4 Å². The van der Waals surface area contributed by atoms with E-state index in [1.54, 1.807) is 6.07 Å². The quantitative estimate of drug-likeness (QED) is 0.241. The van der Waals surface area contributed by atoms with Crippen molar-refractivity contribution < 1.29 is 0 Å². The van der Waals surface area contributed by atoms with Crippen LogP contribution in [0.4, 0.5) is 0 Å². The topological polar surface area (TPSA) is 38.7 Å². The van der Waals surface area contributed by atoms with Crippen LogP contribution in [-0.4, -0.2) is 15.0 Å². The van der Waals surface area contributed by atoms with E-state index in [-0.39, 0.29) is 20.1 Å². The number of nitrogens with zero attached hydrogens (tertiary/aromatic N) is 3. The number of rotatable bonds is 3. The molecular formula is C21H11Cl4N3. The maximum absolute atomic E-state index is 6.43. The Morgan fingerprint density at radius 1 is 0.500 bits per heavy atom. The van der Waals surface area contributed by atoms with Gasteiger partial charge in [0.2, 0.25) is 0 Å². The van der Waals surface area contributed by atoms with E-state index in [0.717, 1.165) is 11.1 Å². The fraction of sp³-hybridized carbons (Fsp3) is 0. The summed E-state index contributed by atoms with van der Waals surface area (Å²) in [6.45, 7) is 0. The Kier molecular flexibility index (Phi) is 5.51. The standard InChI is InChI=1S/C21H11Cl4N3/c22-15-11-14(16(23)18(25)17(15)24)21-27-19(12-7-3-1-4-8-12)26-20(28-21)13-9-5-2-6-10-13/h1-11H. The van der Waals surface area contributed by atoms with Crippen LogP contribution < -0.4 is 0 Å². The molecule has 0 bridgehead atoms. The summed E-state index contributed by atoms with van der Waals surface area (Å²) in [5.41, 5.74) is 2.19. The van der Waals surface area contributed by atoms with E-state index >= 15 is 0 Å². The van der Waals surface area contributed by atoms with Crippen molar-refractivity contribution in [3.63, 3.8) is 0 Å². The van der Waals surface area contributed by atoms with Gasteiger partial charge in [-0.05, 0) is 6.07 Å². The van der Waals surface area contributed by atoms with Crippen molar-refractivity contribution in [2.75, 3.05) is 0 Å². The zero-order chi connectivity index (χ0) is 19.7. The molecule has 0 amide bonds. The largest absolute Gasteiger partial charge is 0.208 e. The lowest BCUT2D eigenvalue weighted by molar-refractivity contribution is 1.07. The van der Waals surface area contributed by atoms with E-state index in [2.05, 4.69) is 15.0 Å². The Balaban J connectivity index is 1.98. The van der Waals surface area contributed by atoms with Crippen LogP contribution in [0.5, 0.6) is 0 Å². The van der Waals surface area contributed by atoms with Crippen LogP contribution in [0.25, 0.3) is 34.2 Å². The minimum absolute atomic E-state index is 0.161. The maximum atomic E-state index is 6.43. The number of benzene rings is 3. The van der Waals surface area contributed by atoms with Crippen molar-refractivity contribution in [3.05, 3.63) is 86.8 Å². The van der Waals surface area contributed by atoms with Gasteiger partial charge < -0.3 is 0 Å². The Hall–Kier alpha value is -2.17. The van der Waals surface area contributed by atoms with Gasteiger partial charge in [0, 0.05) is 16.7 Å². The summed E-state index contributed by atoms with van der Waals surface area (Å²) in [5.74, 6) is 1.39. The Morgan fingerprint density at radius 3 is 1.46 bits per heavy atom. The second-order valence-corrected chi connectivity index (χ2v) is 7.43. The minimum atomic E-state index is 0.161. The van der Waals surface area contributed by atoms with E-state index in [1.807, 2.05) is 60.7 Å². The third-order valence-corrected chi connectivity index (χ3v) is 5.79. The summed E-state index contributed by atoms with van der Waals surface area (Å²) in [5, 5.41) is 0.862. The summed E-state index contributed by atoms with van der Waals surface area (Å²) < 4.78 is 0. The second-order valence-electron chi connectivity index (χ2n) is 5.89. The number of halogens is 4. The molecule has 0 fully saturated rings.